The molecule has 3 nitrogen and oxygen atoms in total. The van der Waals surface area contributed by atoms with E-state index in [-0.39, 0.29) is 4.83 Å². The Morgan fingerprint density at radius 3 is 2.16 bits per heavy atom. The lowest BCUT2D eigenvalue weighted by atomic mass is 10.1. The second-order valence-electron chi connectivity index (χ2n) is 4.08. The molecule has 2 aromatic carbocycles. The van der Waals surface area contributed by atoms with Gasteiger partial charge in [-0.1, -0.05) is 64.5 Å². The van der Waals surface area contributed by atoms with Crippen LogP contribution in [0.3, 0.4) is 0 Å². The molecule has 1 atom stereocenters. The van der Waals surface area contributed by atoms with Crippen LogP contribution in [0.1, 0.15) is 16.3 Å². The zero-order valence-corrected chi connectivity index (χ0v) is 11.6. The lowest BCUT2D eigenvalue weighted by Gasteiger charge is -2.04. The van der Waals surface area contributed by atoms with E-state index in [2.05, 4.69) is 26.1 Å². The van der Waals surface area contributed by atoms with Gasteiger partial charge < -0.3 is 4.42 Å². The van der Waals surface area contributed by atoms with Gasteiger partial charge in [0.05, 0.1) is 0 Å². The number of alkyl halides is 1. The molecule has 0 amide bonds. The van der Waals surface area contributed by atoms with E-state index in [4.69, 9.17) is 4.42 Å². The van der Waals surface area contributed by atoms with E-state index < -0.39 is 0 Å². The number of rotatable bonds is 3. The zero-order valence-electron chi connectivity index (χ0n) is 10.0. The molecule has 0 aliphatic heterocycles. The number of benzene rings is 2. The third kappa shape index (κ3) is 2.58. The highest BCUT2D eigenvalue weighted by Crippen LogP contribution is 2.31. The van der Waals surface area contributed by atoms with E-state index >= 15 is 0 Å². The van der Waals surface area contributed by atoms with Crippen LogP contribution in [0.5, 0.6) is 0 Å². The van der Waals surface area contributed by atoms with Crippen molar-refractivity contribution in [2.45, 2.75) is 4.83 Å². The molecule has 4 heteroatoms. The molecule has 0 spiro atoms. The van der Waals surface area contributed by atoms with Crippen molar-refractivity contribution in [3.05, 3.63) is 72.1 Å². The minimum Gasteiger partial charge on any atom is -0.419 e. The van der Waals surface area contributed by atoms with Gasteiger partial charge in [-0.05, 0) is 17.7 Å². The molecule has 1 aromatic heterocycles. The van der Waals surface area contributed by atoms with Crippen LogP contribution < -0.4 is 0 Å². The topological polar surface area (TPSA) is 38.9 Å². The van der Waals surface area contributed by atoms with Crippen LogP contribution in [0.2, 0.25) is 0 Å². The minimum absolute atomic E-state index is 0.0846. The number of hydrogen-bond donors (Lipinski definition) is 0. The van der Waals surface area contributed by atoms with Gasteiger partial charge in [-0.25, -0.2) is 0 Å². The Bertz CT molecular complexity index is 652. The third-order valence-electron chi connectivity index (χ3n) is 2.77. The van der Waals surface area contributed by atoms with Gasteiger partial charge in [0.1, 0.15) is 4.83 Å². The third-order valence-corrected chi connectivity index (χ3v) is 3.69. The fourth-order valence-corrected chi connectivity index (χ4v) is 2.29. The van der Waals surface area contributed by atoms with Gasteiger partial charge in [-0.2, -0.15) is 0 Å². The molecule has 1 unspecified atom stereocenters. The molecule has 3 rings (SSSR count). The first-order valence-corrected chi connectivity index (χ1v) is 6.84. The average Bonchev–Trinajstić information content (AvgIpc) is 2.98. The van der Waals surface area contributed by atoms with Crippen molar-refractivity contribution in [1.29, 1.82) is 0 Å². The molecule has 0 radical (unpaired) electrons. The molecule has 0 aliphatic carbocycles. The maximum atomic E-state index is 5.72. The Morgan fingerprint density at radius 2 is 1.47 bits per heavy atom. The minimum atomic E-state index is -0.0846. The first kappa shape index (κ1) is 12.1. The summed E-state index contributed by atoms with van der Waals surface area (Å²) in [4.78, 5) is -0.0846. The normalized spacial score (nSPS) is 12.3. The molecule has 0 bridgehead atoms. The quantitative estimate of drug-likeness (QED) is 0.679. The van der Waals surface area contributed by atoms with E-state index in [1.165, 1.54) is 0 Å². The largest absolute Gasteiger partial charge is 0.419 e. The van der Waals surface area contributed by atoms with Gasteiger partial charge in [0, 0.05) is 5.56 Å². The predicted octanol–water partition coefficient (Wildman–Crippen LogP) is 4.22. The second kappa shape index (κ2) is 5.36. The maximum absolute atomic E-state index is 5.72. The van der Waals surface area contributed by atoms with Crippen LogP contribution >= 0.6 is 15.9 Å². The number of nitrogens with zero attached hydrogens (tertiary/aromatic N) is 2. The van der Waals surface area contributed by atoms with Crippen LogP contribution in [-0.4, -0.2) is 10.2 Å². The van der Waals surface area contributed by atoms with Crippen LogP contribution in [0.15, 0.2) is 65.1 Å². The maximum Gasteiger partial charge on any atom is 0.247 e. The van der Waals surface area contributed by atoms with Crippen molar-refractivity contribution in [1.82, 2.24) is 10.2 Å². The summed E-state index contributed by atoms with van der Waals surface area (Å²) in [5.41, 5.74) is 2.01. The van der Waals surface area contributed by atoms with Gasteiger partial charge in [-0.3, -0.25) is 0 Å². The highest BCUT2D eigenvalue weighted by molar-refractivity contribution is 9.09. The Kier molecular flexibility index (Phi) is 3.42. The smallest absolute Gasteiger partial charge is 0.247 e. The van der Waals surface area contributed by atoms with E-state index in [0.29, 0.717) is 11.8 Å². The van der Waals surface area contributed by atoms with Crippen molar-refractivity contribution in [2.75, 3.05) is 0 Å². The van der Waals surface area contributed by atoms with Gasteiger partial charge in [-0.15, -0.1) is 10.2 Å². The molecular weight excluding hydrogens is 304 g/mol. The van der Waals surface area contributed by atoms with E-state index in [1.807, 2.05) is 60.7 Å². The van der Waals surface area contributed by atoms with E-state index in [9.17, 15) is 0 Å². The number of aromatic nitrogens is 2. The summed E-state index contributed by atoms with van der Waals surface area (Å²) in [5.74, 6) is 1.10. The Balaban J connectivity index is 1.90. The standard InChI is InChI=1S/C15H11BrN2O/c16-13(11-7-3-1-4-8-11)15-18-17-14(19-15)12-9-5-2-6-10-12/h1-10,13H. The fraction of sp³-hybridized carbons (Fsp3) is 0.0667. The van der Waals surface area contributed by atoms with E-state index in [1.54, 1.807) is 0 Å². The van der Waals surface area contributed by atoms with Crippen molar-refractivity contribution in [2.24, 2.45) is 0 Å². The molecule has 0 fully saturated rings. The summed E-state index contributed by atoms with van der Waals surface area (Å²) in [7, 11) is 0. The van der Waals surface area contributed by atoms with Crippen LogP contribution in [0.4, 0.5) is 0 Å². The molecule has 3 aromatic rings. The molecule has 19 heavy (non-hydrogen) atoms. The van der Waals surface area contributed by atoms with Crippen molar-refractivity contribution in [3.63, 3.8) is 0 Å². The molecule has 1 heterocycles. The molecule has 0 N–H and O–H groups in total. The highest BCUT2D eigenvalue weighted by Gasteiger charge is 2.17. The predicted molar refractivity (Wildman–Crippen MR) is 76.9 cm³/mol. The number of halogens is 1. The second-order valence-corrected chi connectivity index (χ2v) is 5.00. The van der Waals surface area contributed by atoms with Gasteiger partial charge >= 0.3 is 0 Å². The summed E-state index contributed by atoms with van der Waals surface area (Å²) in [6, 6.07) is 19.7. The monoisotopic (exact) mass is 314 g/mol. The average molecular weight is 315 g/mol. The number of hydrogen-bond acceptors (Lipinski definition) is 3. The van der Waals surface area contributed by atoms with Gasteiger partial charge in [0.2, 0.25) is 11.8 Å². The fourth-order valence-electron chi connectivity index (χ4n) is 1.80. The summed E-state index contributed by atoms with van der Waals surface area (Å²) >= 11 is 3.58. The summed E-state index contributed by atoms with van der Waals surface area (Å²) in [5, 5.41) is 8.19. The SMILES string of the molecule is BrC(c1ccccc1)c1nnc(-c2ccccc2)o1. The van der Waals surface area contributed by atoms with Crippen LogP contribution in [-0.2, 0) is 0 Å². The van der Waals surface area contributed by atoms with Gasteiger partial charge in [0.15, 0.2) is 0 Å². The summed E-state index contributed by atoms with van der Waals surface area (Å²) in [6.45, 7) is 0. The Labute approximate surface area is 119 Å². The van der Waals surface area contributed by atoms with Gasteiger partial charge in [0.25, 0.3) is 0 Å². The summed E-state index contributed by atoms with van der Waals surface area (Å²) in [6.07, 6.45) is 0. The first-order chi connectivity index (χ1) is 9.34. The summed E-state index contributed by atoms with van der Waals surface area (Å²) < 4.78 is 5.72. The van der Waals surface area contributed by atoms with Crippen LogP contribution in [0.25, 0.3) is 11.5 Å². The lowest BCUT2D eigenvalue weighted by molar-refractivity contribution is 0.517. The van der Waals surface area contributed by atoms with E-state index in [0.717, 1.165) is 11.1 Å². The van der Waals surface area contributed by atoms with Crippen molar-refractivity contribution in [3.8, 4) is 11.5 Å². The van der Waals surface area contributed by atoms with Crippen LogP contribution in [0, 0.1) is 0 Å². The molecule has 0 saturated carbocycles. The zero-order chi connectivity index (χ0) is 13.1. The first-order valence-electron chi connectivity index (χ1n) is 5.92. The molecule has 0 aliphatic rings. The Hall–Kier alpha value is -1.94. The van der Waals surface area contributed by atoms with Crippen molar-refractivity contribution >= 4 is 15.9 Å². The van der Waals surface area contributed by atoms with Crippen molar-refractivity contribution < 1.29 is 4.42 Å². The molecule has 0 saturated heterocycles. The lowest BCUT2D eigenvalue weighted by Crippen LogP contribution is -1.92. The highest BCUT2D eigenvalue weighted by atomic mass is 79.9. The Morgan fingerprint density at radius 1 is 0.842 bits per heavy atom. The molecular formula is C15H11BrN2O. The molecule has 94 valence electrons.